The van der Waals surface area contributed by atoms with Crippen molar-refractivity contribution < 1.29 is 49.4 Å². The van der Waals surface area contributed by atoms with Gasteiger partial charge >= 0.3 is 29.6 Å². The van der Waals surface area contributed by atoms with Crippen molar-refractivity contribution in [3.8, 4) is 0 Å². The zero-order valence-electron chi connectivity index (χ0n) is 17.1. The molecule has 0 aromatic carbocycles. The number of thiazole rings is 1. The summed E-state index contributed by atoms with van der Waals surface area (Å²) in [6.45, 7) is 3.46. The summed E-state index contributed by atoms with van der Waals surface area (Å²) in [5.41, 5.74) is 0.486. The van der Waals surface area contributed by atoms with E-state index >= 15 is 0 Å². The van der Waals surface area contributed by atoms with Crippen LogP contribution in [0.25, 0.3) is 10.4 Å². The Kier molecular flexibility index (Phi) is 6.06. The van der Waals surface area contributed by atoms with Gasteiger partial charge in [-0.1, -0.05) is 18.7 Å². The van der Waals surface area contributed by atoms with Gasteiger partial charge in [0.25, 0.3) is 0 Å². The Morgan fingerprint density at radius 1 is 1.35 bits per heavy atom. The monoisotopic (exact) mass is 464 g/mol. The minimum atomic E-state index is -1.38. The van der Waals surface area contributed by atoms with Crippen molar-refractivity contribution in [2.45, 2.75) is 35.9 Å². The molecule has 154 valence electrons. The third kappa shape index (κ3) is 3.46. The number of rotatable bonds is 5. The zero-order chi connectivity index (χ0) is 21.2. The van der Waals surface area contributed by atoms with E-state index in [1.807, 2.05) is 29.7 Å². The molecule has 1 fully saturated rings. The number of carbonyl (C=O) groups excluding carboxylic acids is 2. The largest absolute Gasteiger partial charge is 1.00 e. The minimum Gasteiger partial charge on any atom is -0.543 e. The predicted molar refractivity (Wildman–Crippen MR) is 108 cm³/mol. The number of aliphatic hydroxyl groups excluding tert-OH is 1. The summed E-state index contributed by atoms with van der Waals surface area (Å²) >= 11 is 2.93. The third-order valence-electron chi connectivity index (χ3n) is 5.67. The second-order valence-corrected chi connectivity index (χ2v) is 9.54. The van der Waals surface area contributed by atoms with E-state index in [1.165, 1.54) is 28.0 Å². The average molecular weight is 465 g/mol. The van der Waals surface area contributed by atoms with E-state index in [4.69, 9.17) is 0 Å². The number of carboxylic acids is 1. The van der Waals surface area contributed by atoms with E-state index in [2.05, 4.69) is 9.97 Å². The van der Waals surface area contributed by atoms with Gasteiger partial charge in [-0.15, -0.1) is 11.3 Å². The van der Waals surface area contributed by atoms with E-state index in [9.17, 15) is 19.8 Å². The molecule has 4 atom stereocenters. The van der Waals surface area contributed by atoms with Crippen LogP contribution in [0.3, 0.4) is 0 Å². The quantitative estimate of drug-likeness (QED) is 0.353. The van der Waals surface area contributed by atoms with E-state index in [-0.39, 0.29) is 53.1 Å². The van der Waals surface area contributed by atoms with Crippen LogP contribution in [-0.2, 0) is 9.59 Å². The van der Waals surface area contributed by atoms with Crippen LogP contribution in [0.2, 0.25) is 0 Å². The number of carbonyl (C=O) groups is 2. The van der Waals surface area contributed by atoms with Gasteiger partial charge in [0.1, 0.15) is 16.2 Å². The van der Waals surface area contributed by atoms with Crippen LogP contribution in [0.4, 0.5) is 0 Å². The molecule has 0 radical (unpaired) electrons. The number of amides is 1. The molecule has 0 aliphatic carbocycles. The van der Waals surface area contributed by atoms with E-state index in [0.29, 0.717) is 5.57 Å². The molecule has 1 amide bonds. The smallest absolute Gasteiger partial charge is 0.543 e. The van der Waals surface area contributed by atoms with Crippen molar-refractivity contribution in [3.05, 3.63) is 47.6 Å². The second-order valence-electron chi connectivity index (χ2n) is 7.45. The molecule has 5 rings (SSSR count). The van der Waals surface area contributed by atoms with Crippen LogP contribution >= 0.6 is 23.1 Å². The maximum Gasteiger partial charge on any atom is 1.00 e. The first-order valence-electron chi connectivity index (χ1n) is 9.40. The van der Waals surface area contributed by atoms with Gasteiger partial charge in [-0.2, -0.15) is 0 Å². The Bertz CT molecular complexity index is 1210. The van der Waals surface area contributed by atoms with Gasteiger partial charge in [0, 0.05) is 35.0 Å². The molecule has 2 aliphatic heterocycles. The number of fused-ring (bicyclic) bond motifs is 2. The van der Waals surface area contributed by atoms with Gasteiger partial charge in [0.05, 0.1) is 34.6 Å². The SMILES string of the molecule is C[C@@H](O)[C@H]1C(=O)N2C(C(=O)[O-])=C(c3cn4cnc(Sc5ccncc5)c4s3)[C@H](C)[C@H]12.[Na+]. The van der Waals surface area contributed by atoms with E-state index in [1.54, 1.807) is 25.6 Å². The number of pyridine rings is 1. The molecule has 31 heavy (non-hydrogen) atoms. The van der Waals surface area contributed by atoms with Gasteiger partial charge in [0.2, 0.25) is 5.91 Å². The summed E-state index contributed by atoms with van der Waals surface area (Å²) in [4.78, 5) is 36.9. The van der Waals surface area contributed by atoms with Crippen molar-refractivity contribution in [1.82, 2.24) is 19.3 Å². The van der Waals surface area contributed by atoms with Crippen molar-refractivity contribution in [2.24, 2.45) is 11.8 Å². The Morgan fingerprint density at radius 2 is 2.06 bits per heavy atom. The minimum absolute atomic E-state index is 0. The molecule has 0 spiro atoms. The molecule has 0 unspecified atom stereocenters. The van der Waals surface area contributed by atoms with Crippen molar-refractivity contribution in [1.29, 1.82) is 0 Å². The fourth-order valence-corrected chi connectivity index (χ4v) is 6.51. The first-order chi connectivity index (χ1) is 14.4. The zero-order valence-corrected chi connectivity index (χ0v) is 20.7. The van der Waals surface area contributed by atoms with Gasteiger partial charge in [-0.05, 0) is 19.1 Å². The fraction of sp³-hybridized carbons (Fsp3) is 0.300. The Labute approximate surface area is 208 Å². The molecule has 0 saturated carbocycles. The molecular formula is C20H17N4NaO4S2. The molecule has 8 nitrogen and oxygen atoms in total. The molecular weight excluding hydrogens is 447 g/mol. The molecule has 2 aliphatic rings. The number of aliphatic hydroxyl groups is 1. The molecule has 3 aromatic rings. The Hall–Kier alpha value is -1.69. The number of imidazole rings is 1. The molecule has 3 aromatic heterocycles. The van der Waals surface area contributed by atoms with Crippen molar-refractivity contribution >= 4 is 45.4 Å². The van der Waals surface area contributed by atoms with Crippen molar-refractivity contribution in [2.75, 3.05) is 0 Å². The third-order valence-corrected chi connectivity index (χ3v) is 7.95. The number of hydrogen-bond donors (Lipinski definition) is 1. The summed E-state index contributed by atoms with van der Waals surface area (Å²) in [6.07, 6.45) is 6.12. The summed E-state index contributed by atoms with van der Waals surface area (Å²) in [7, 11) is 0. The standard InChI is InChI=1S/C20H18N4O4S2.Na/c1-9-13(16(20(27)28)24-15(9)14(10(2)25)18(24)26)12-7-23-8-22-17(19(23)30-12)29-11-3-5-21-6-4-11;/h3-10,14-15,25H,1-2H3,(H,27,28);/q;+1/p-1/t9-,10+,14+,15+;/m0./s1. The van der Waals surface area contributed by atoms with Crippen LogP contribution in [-0.4, -0.2) is 48.4 Å². The topological polar surface area (TPSA) is 111 Å². The predicted octanol–water partition coefficient (Wildman–Crippen LogP) is -1.74. The van der Waals surface area contributed by atoms with Crippen LogP contribution in [0, 0.1) is 11.8 Å². The van der Waals surface area contributed by atoms with E-state index in [0.717, 1.165) is 19.6 Å². The first kappa shape index (κ1) is 22.5. The summed E-state index contributed by atoms with van der Waals surface area (Å²) in [5, 5.41) is 22.8. The van der Waals surface area contributed by atoms with Gasteiger partial charge in [-0.25, -0.2) is 4.98 Å². The molecule has 1 N–H and O–H groups in total. The number of β-lactam (4-membered cyclic amide) rings is 1. The maximum atomic E-state index is 12.5. The van der Waals surface area contributed by atoms with Gasteiger partial charge < -0.3 is 19.9 Å². The van der Waals surface area contributed by atoms with Crippen molar-refractivity contribution in [3.63, 3.8) is 0 Å². The number of carboxylic acid groups (broad SMARTS) is 1. The first-order valence-corrected chi connectivity index (χ1v) is 11.0. The van der Waals surface area contributed by atoms with E-state index < -0.39 is 18.0 Å². The van der Waals surface area contributed by atoms with Crippen LogP contribution < -0.4 is 34.7 Å². The Morgan fingerprint density at radius 3 is 2.71 bits per heavy atom. The molecule has 11 heteroatoms. The summed E-state index contributed by atoms with van der Waals surface area (Å²) in [5.74, 6) is -2.57. The average Bonchev–Trinajstić information content (AvgIpc) is 3.33. The number of nitrogens with zero attached hydrogens (tertiary/aromatic N) is 4. The summed E-state index contributed by atoms with van der Waals surface area (Å²) in [6, 6.07) is 3.42. The van der Waals surface area contributed by atoms with Gasteiger partial charge in [-0.3, -0.25) is 14.2 Å². The number of aliphatic carboxylic acids is 1. The second kappa shape index (κ2) is 8.34. The normalized spacial score (nSPS) is 23.5. The molecule has 5 heterocycles. The summed E-state index contributed by atoms with van der Waals surface area (Å²) < 4.78 is 1.86. The fourth-order valence-electron chi connectivity index (χ4n) is 4.37. The van der Waals surface area contributed by atoms with Crippen LogP contribution in [0.1, 0.15) is 18.7 Å². The maximum absolute atomic E-state index is 12.5. The van der Waals surface area contributed by atoms with Gasteiger partial charge in [0.15, 0.2) is 0 Å². The molecule has 0 bridgehead atoms. The van der Waals surface area contributed by atoms with Crippen LogP contribution in [0.15, 0.2) is 52.7 Å². The number of hydrogen-bond acceptors (Lipinski definition) is 8. The Balaban J connectivity index is 0.00000231. The van der Waals surface area contributed by atoms with Crippen LogP contribution in [0.5, 0.6) is 0 Å². The number of aromatic nitrogens is 3. The molecule has 1 saturated heterocycles.